The lowest BCUT2D eigenvalue weighted by Crippen LogP contribution is -2.14. The Labute approximate surface area is 145 Å². The van der Waals surface area contributed by atoms with Gasteiger partial charge in [0, 0.05) is 35.4 Å². The number of carbonyl (C=O) groups is 2. The molecule has 0 fully saturated rings. The highest BCUT2D eigenvalue weighted by Crippen LogP contribution is 2.24. The summed E-state index contributed by atoms with van der Waals surface area (Å²) in [6.07, 6.45) is 2.09. The number of methoxy groups -OCH3 is 1. The zero-order valence-electron chi connectivity index (χ0n) is 14.1. The monoisotopic (exact) mass is 337 g/mol. The van der Waals surface area contributed by atoms with Gasteiger partial charge in [-0.1, -0.05) is 0 Å². The van der Waals surface area contributed by atoms with Crippen LogP contribution in [-0.4, -0.2) is 23.9 Å². The van der Waals surface area contributed by atoms with E-state index in [4.69, 9.17) is 4.74 Å². The Bertz CT molecular complexity index is 913. The van der Waals surface area contributed by atoms with Crippen molar-refractivity contribution in [1.29, 1.82) is 0 Å². The Kier molecular flexibility index (Phi) is 4.70. The first-order chi connectivity index (χ1) is 12.0. The molecule has 2 aromatic carbocycles. The Hall–Kier alpha value is -3.28. The van der Waals surface area contributed by atoms with Crippen molar-refractivity contribution in [2.45, 2.75) is 13.3 Å². The molecule has 6 heteroatoms. The van der Waals surface area contributed by atoms with E-state index in [-0.39, 0.29) is 18.2 Å². The minimum atomic E-state index is -0.133. The number of nitrogens with one attached hydrogen (secondary N) is 3. The van der Waals surface area contributed by atoms with Crippen molar-refractivity contribution in [3.8, 4) is 5.75 Å². The number of rotatable bonds is 5. The van der Waals surface area contributed by atoms with Crippen LogP contribution in [0, 0.1) is 0 Å². The summed E-state index contributed by atoms with van der Waals surface area (Å²) in [6.45, 7) is 1.45. The van der Waals surface area contributed by atoms with E-state index in [1.54, 1.807) is 31.4 Å². The largest absolute Gasteiger partial charge is 0.497 e. The number of hydrogen-bond donors (Lipinski definition) is 3. The van der Waals surface area contributed by atoms with Crippen molar-refractivity contribution in [1.82, 2.24) is 4.98 Å². The third-order valence-electron chi connectivity index (χ3n) is 3.81. The molecule has 1 heterocycles. The van der Waals surface area contributed by atoms with Crippen LogP contribution in [0.3, 0.4) is 0 Å². The second kappa shape index (κ2) is 7.09. The molecule has 0 atom stereocenters. The van der Waals surface area contributed by atoms with Crippen LogP contribution in [0.5, 0.6) is 5.75 Å². The van der Waals surface area contributed by atoms with Crippen LogP contribution in [0.1, 0.15) is 12.5 Å². The third-order valence-corrected chi connectivity index (χ3v) is 3.81. The summed E-state index contributed by atoms with van der Waals surface area (Å²) in [5.41, 5.74) is 3.23. The number of amides is 2. The van der Waals surface area contributed by atoms with Gasteiger partial charge in [0.05, 0.1) is 13.5 Å². The Morgan fingerprint density at radius 2 is 1.72 bits per heavy atom. The molecule has 0 spiro atoms. The Balaban J connectivity index is 1.69. The van der Waals surface area contributed by atoms with E-state index in [1.165, 1.54) is 6.92 Å². The maximum atomic E-state index is 12.3. The molecule has 3 rings (SSSR count). The molecule has 128 valence electrons. The Morgan fingerprint density at radius 3 is 2.36 bits per heavy atom. The smallest absolute Gasteiger partial charge is 0.228 e. The van der Waals surface area contributed by atoms with E-state index in [0.29, 0.717) is 11.4 Å². The first-order valence-electron chi connectivity index (χ1n) is 7.86. The first-order valence-corrected chi connectivity index (χ1v) is 7.86. The van der Waals surface area contributed by atoms with Gasteiger partial charge in [-0.25, -0.2) is 0 Å². The van der Waals surface area contributed by atoms with Gasteiger partial charge in [-0.15, -0.1) is 0 Å². The van der Waals surface area contributed by atoms with Crippen LogP contribution in [0.4, 0.5) is 11.4 Å². The minimum absolute atomic E-state index is 0.115. The third kappa shape index (κ3) is 3.98. The predicted molar refractivity (Wildman–Crippen MR) is 97.9 cm³/mol. The van der Waals surface area contributed by atoms with E-state index in [2.05, 4.69) is 15.6 Å². The molecule has 2 amide bonds. The summed E-state index contributed by atoms with van der Waals surface area (Å²) in [7, 11) is 1.62. The predicted octanol–water partition coefficient (Wildman–Crippen LogP) is 3.32. The lowest BCUT2D eigenvalue weighted by atomic mass is 10.1. The van der Waals surface area contributed by atoms with E-state index in [9.17, 15) is 9.59 Å². The number of H-pyrrole nitrogens is 1. The van der Waals surface area contributed by atoms with Gasteiger partial charge in [0.1, 0.15) is 5.75 Å². The SMILES string of the molecule is COc1ccc2[nH]cc(CC(=O)Nc3ccc(NC(C)=O)cc3)c2c1. The van der Waals surface area contributed by atoms with Gasteiger partial charge in [-0.05, 0) is 48.0 Å². The van der Waals surface area contributed by atoms with Crippen molar-refractivity contribution in [3.05, 3.63) is 54.2 Å². The topological polar surface area (TPSA) is 83.2 Å². The summed E-state index contributed by atoms with van der Waals surface area (Å²) in [5, 5.41) is 6.51. The van der Waals surface area contributed by atoms with E-state index >= 15 is 0 Å². The fourth-order valence-corrected chi connectivity index (χ4v) is 2.65. The van der Waals surface area contributed by atoms with Gasteiger partial charge in [0.15, 0.2) is 0 Å². The fourth-order valence-electron chi connectivity index (χ4n) is 2.65. The van der Waals surface area contributed by atoms with Crippen molar-refractivity contribution in [2.24, 2.45) is 0 Å². The second-order valence-corrected chi connectivity index (χ2v) is 5.71. The highest BCUT2D eigenvalue weighted by atomic mass is 16.5. The average molecular weight is 337 g/mol. The van der Waals surface area contributed by atoms with Crippen molar-refractivity contribution in [3.63, 3.8) is 0 Å². The highest BCUT2D eigenvalue weighted by molar-refractivity contribution is 5.96. The molecule has 3 aromatic rings. The van der Waals surface area contributed by atoms with Crippen LogP contribution >= 0.6 is 0 Å². The average Bonchev–Trinajstić information content (AvgIpc) is 2.98. The number of benzene rings is 2. The van der Waals surface area contributed by atoms with E-state index < -0.39 is 0 Å². The van der Waals surface area contributed by atoms with Crippen LogP contribution in [0.15, 0.2) is 48.7 Å². The molecule has 0 bridgehead atoms. The molecule has 0 aliphatic carbocycles. The zero-order chi connectivity index (χ0) is 17.8. The highest BCUT2D eigenvalue weighted by Gasteiger charge is 2.10. The van der Waals surface area contributed by atoms with Crippen molar-refractivity contribution in [2.75, 3.05) is 17.7 Å². The molecule has 6 nitrogen and oxygen atoms in total. The summed E-state index contributed by atoms with van der Waals surface area (Å²) in [6, 6.07) is 12.7. The summed E-state index contributed by atoms with van der Waals surface area (Å²) < 4.78 is 5.24. The van der Waals surface area contributed by atoms with E-state index in [1.807, 2.05) is 24.4 Å². The molecule has 0 saturated carbocycles. The number of hydrogen-bond acceptors (Lipinski definition) is 3. The Morgan fingerprint density at radius 1 is 1.04 bits per heavy atom. The van der Waals surface area contributed by atoms with Crippen molar-refractivity contribution >= 4 is 34.1 Å². The molecular formula is C19H19N3O3. The van der Waals surface area contributed by atoms with Gasteiger partial charge in [0.2, 0.25) is 11.8 Å². The quantitative estimate of drug-likeness (QED) is 0.668. The normalized spacial score (nSPS) is 10.5. The molecule has 0 saturated heterocycles. The maximum Gasteiger partial charge on any atom is 0.228 e. The maximum absolute atomic E-state index is 12.3. The number of aromatic nitrogens is 1. The number of anilines is 2. The zero-order valence-corrected chi connectivity index (χ0v) is 14.1. The molecule has 1 aromatic heterocycles. The molecule has 25 heavy (non-hydrogen) atoms. The van der Waals surface area contributed by atoms with Gasteiger partial charge < -0.3 is 20.4 Å². The number of ether oxygens (including phenoxy) is 1. The molecular weight excluding hydrogens is 318 g/mol. The fraction of sp³-hybridized carbons (Fsp3) is 0.158. The summed E-state index contributed by atoms with van der Waals surface area (Å²) in [4.78, 5) is 26.5. The molecule has 0 unspecified atom stereocenters. The van der Waals surface area contributed by atoms with Gasteiger partial charge >= 0.3 is 0 Å². The standard InChI is InChI=1S/C19H19N3O3/c1-12(23)21-14-3-5-15(6-4-14)22-19(24)9-13-11-20-18-8-7-16(25-2)10-17(13)18/h3-8,10-11,20H,9H2,1-2H3,(H,21,23)(H,22,24). The van der Waals surface area contributed by atoms with Gasteiger partial charge in [0.25, 0.3) is 0 Å². The van der Waals surface area contributed by atoms with Crippen LogP contribution in [0.2, 0.25) is 0 Å². The molecule has 0 aliphatic heterocycles. The van der Waals surface area contributed by atoms with Crippen LogP contribution in [0.25, 0.3) is 10.9 Å². The van der Waals surface area contributed by atoms with Crippen LogP contribution < -0.4 is 15.4 Å². The number of aromatic amines is 1. The van der Waals surface area contributed by atoms with Crippen LogP contribution in [-0.2, 0) is 16.0 Å². The number of fused-ring (bicyclic) bond motifs is 1. The number of carbonyl (C=O) groups excluding carboxylic acids is 2. The van der Waals surface area contributed by atoms with Crippen molar-refractivity contribution < 1.29 is 14.3 Å². The molecule has 0 aliphatic rings. The van der Waals surface area contributed by atoms with Gasteiger partial charge in [-0.3, -0.25) is 9.59 Å². The van der Waals surface area contributed by atoms with Gasteiger partial charge in [-0.2, -0.15) is 0 Å². The lowest BCUT2D eigenvalue weighted by molar-refractivity contribution is -0.116. The molecule has 3 N–H and O–H groups in total. The molecule has 0 radical (unpaired) electrons. The first kappa shape index (κ1) is 16.6. The van der Waals surface area contributed by atoms with E-state index in [0.717, 1.165) is 22.2 Å². The minimum Gasteiger partial charge on any atom is -0.497 e. The second-order valence-electron chi connectivity index (χ2n) is 5.71. The lowest BCUT2D eigenvalue weighted by Gasteiger charge is -2.07. The summed E-state index contributed by atoms with van der Waals surface area (Å²) >= 11 is 0. The summed E-state index contributed by atoms with van der Waals surface area (Å²) in [5.74, 6) is 0.505.